The van der Waals surface area contributed by atoms with Gasteiger partial charge >= 0.3 is 12.0 Å². The van der Waals surface area contributed by atoms with Gasteiger partial charge in [-0.2, -0.15) is 0 Å². The summed E-state index contributed by atoms with van der Waals surface area (Å²) in [6, 6.07) is 9.06. The molecule has 0 heterocycles. The van der Waals surface area contributed by atoms with Gasteiger partial charge in [-0.15, -0.1) is 11.8 Å². The fourth-order valence-electron chi connectivity index (χ4n) is 2.58. The lowest BCUT2D eigenvalue weighted by molar-refractivity contribution is -0.153. The molecule has 1 aromatic rings. The number of nitrogens with one attached hydrogen (secondary N) is 2. The highest BCUT2D eigenvalue weighted by Gasteiger charge is 2.25. The van der Waals surface area contributed by atoms with Crippen LogP contribution in [0.15, 0.2) is 35.2 Å². The van der Waals surface area contributed by atoms with E-state index in [1.807, 2.05) is 30.3 Å². The Morgan fingerprint density at radius 1 is 1.12 bits per heavy atom. The van der Waals surface area contributed by atoms with Gasteiger partial charge in [-0.1, -0.05) is 31.0 Å². The lowest BCUT2D eigenvalue weighted by Crippen LogP contribution is -2.47. The predicted octanol–water partition coefficient (Wildman–Crippen LogP) is 2.87. The first kappa shape index (κ1) is 19.3. The maximum absolute atomic E-state index is 12.1. The minimum Gasteiger partial charge on any atom is -0.452 e. The molecule has 3 amide bonds. The van der Waals surface area contributed by atoms with Gasteiger partial charge in [0.1, 0.15) is 5.25 Å². The molecule has 1 aromatic carbocycles. The van der Waals surface area contributed by atoms with Crippen LogP contribution in [-0.2, 0) is 14.3 Å². The van der Waals surface area contributed by atoms with Crippen LogP contribution in [0.5, 0.6) is 0 Å². The first-order valence-corrected chi connectivity index (χ1v) is 9.37. The summed E-state index contributed by atoms with van der Waals surface area (Å²) in [7, 11) is 0. The second-order valence-corrected chi connectivity index (χ2v) is 7.51. The zero-order valence-electron chi connectivity index (χ0n) is 14.5. The Hall–Kier alpha value is -2.02. The molecule has 2 rings (SSSR count). The van der Waals surface area contributed by atoms with Crippen molar-refractivity contribution in [2.24, 2.45) is 0 Å². The van der Waals surface area contributed by atoms with Crippen molar-refractivity contribution in [3.8, 4) is 0 Å². The van der Waals surface area contributed by atoms with Crippen molar-refractivity contribution < 1.29 is 19.1 Å². The fourth-order valence-corrected chi connectivity index (χ4v) is 3.45. The standard InChI is InChI=1S/C18H24N2O4S/c1-12(16(21)20-18(23)19-14-8-6-7-9-14)24-17(22)13(2)25-15-10-4-3-5-11-15/h3-5,10-14H,6-9H2,1-2H3,(H2,19,20,21,23)/t12-,13-/m1/s1. The number of hydrogen-bond acceptors (Lipinski definition) is 5. The van der Waals surface area contributed by atoms with E-state index >= 15 is 0 Å². The van der Waals surface area contributed by atoms with Crippen LogP contribution in [0.2, 0.25) is 0 Å². The Morgan fingerprint density at radius 3 is 2.40 bits per heavy atom. The third-order valence-corrected chi connectivity index (χ3v) is 5.07. The Bertz CT molecular complexity index is 602. The fraction of sp³-hybridized carbons (Fsp3) is 0.500. The summed E-state index contributed by atoms with van der Waals surface area (Å²) in [5, 5.41) is 4.53. The maximum atomic E-state index is 12.1. The van der Waals surface area contributed by atoms with Gasteiger partial charge < -0.3 is 10.1 Å². The zero-order chi connectivity index (χ0) is 18.2. The second kappa shape index (κ2) is 9.46. The molecule has 0 unspecified atom stereocenters. The number of hydrogen-bond donors (Lipinski definition) is 2. The highest BCUT2D eigenvalue weighted by molar-refractivity contribution is 8.00. The second-order valence-electron chi connectivity index (χ2n) is 6.10. The summed E-state index contributed by atoms with van der Waals surface area (Å²) in [4.78, 5) is 36.8. The van der Waals surface area contributed by atoms with Gasteiger partial charge in [-0.3, -0.25) is 14.9 Å². The monoisotopic (exact) mass is 364 g/mol. The molecule has 0 radical (unpaired) electrons. The average Bonchev–Trinajstić information content (AvgIpc) is 3.08. The quantitative estimate of drug-likeness (QED) is 0.599. The Kier molecular flexibility index (Phi) is 7.31. The summed E-state index contributed by atoms with van der Waals surface area (Å²) in [5.41, 5.74) is 0. The molecular weight excluding hydrogens is 340 g/mol. The van der Waals surface area contributed by atoms with Crippen LogP contribution in [-0.4, -0.2) is 35.3 Å². The number of urea groups is 1. The van der Waals surface area contributed by atoms with Crippen molar-refractivity contribution in [2.75, 3.05) is 0 Å². The smallest absolute Gasteiger partial charge is 0.321 e. The molecule has 0 aliphatic heterocycles. The van der Waals surface area contributed by atoms with Gasteiger partial charge in [0.2, 0.25) is 0 Å². The van der Waals surface area contributed by atoms with Crippen molar-refractivity contribution in [1.29, 1.82) is 0 Å². The van der Waals surface area contributed by atoms with Gasteiger partial charge in [0.15, 0.2) is 6.10 Å². The van der Waals surface area contributed by atoms with E-state index in [1.54, 1.807) is 6.92 Å². The van der Waals surface area contributed by atoms with E-state index in [2.05, 4.69) is 10.6 Å². The molecule has 2 atom stereocenters. The average molecular weight is 364 g/mol. The van der Waals surface area contributed by atoms with Crippen LogP contribution in [0, 0.1) is 0 Å². The normalized spacial score (nSPS) is 16.7. The number of amides is 3. The molecule has 136 valence electrons. The molecule has 1 saturated carbocycles. The molecule has 1 aliphatic rings. The molecule has 0 spiro atoms. The number of thioether (sulfide) groups is 1. The minimum absolute atomic E-state index is 0.118. The molecule has 6 nitrogen and oxygen atoms in total. The lowest BCUT2D eigenvalue weighted by atomic mass is 10.2. The van der Waals surface area contributed by atoms with E-state index in [-0.39, 0.29) is 6.04 Å². The van der Waals surface area contributed by atoms with Crippen LogP contribution in [0.4, 0.5) is 4.79 Å². The van der Waals surface area contributed by atoms with E-state index in [0.29, 0.717) is 0 Å². The first-order valence-electron chi connectivity index (χ1n) is 8.49. The first-order chi connectivity index (χ1) is 12.0. The van der Waals surface area contributed by atoms with Gasteiger partial charge in [0.25, 0.3) is 5.91 Å². The van der Waals surface area contributed by atoms with E-state index in [4.69, 9.17) is 4.74 Å². The SMILES string of the molecule is C[C@@H](OC(=O)[C@@H](C)Sc1ccccc1)C(=O)NC(=O)NC1CCCC1. The molecule has 0 saturated heterocycles. The van der Waals surface area contributed by atoms with Crippen LogP contribution in [0.1, 0.15) is 39.5 Å². The summed E-state index contributed by atoms with van der Waals surface area (Å²) in [6.07, 6.45) is 3.01. The van der Waals surface area contributed by atoms with Crippen LogP contribution < -0.4 is 10.6 Å². The number of ether oxygens (including phenoxy) is 1. The number of carbonyl (C=O) groups is 3. The van der Waals surface area contributed by atoms with Gasteiger partial charge in [0, 0.05) is 10.9 Å². The topological polar surface area (TPSA) is 84.5 Å². The number of carbonyl (C=O) groups excluding carboxylic acids is 3. The number of benzene rings is 1. The maximum Gasteiger partial charge on any atom is 0.321 e. The molecular formula is C18H24N2O4S. The van der Waals surface area contributed by atoms with Crippen molar-refractivity contribution in [1.82, 2.24) is 10.6 Å². The molecule has 2 N–H and O–H groups in total. The van der Waals surface area contributed by atoms with Crippen LogP contribution >= 0.6 is 11.8 Å². The van der Waals surface area contributed by atoms with Crippen molar-refractivity contribution in [2.45, 2.75) is 61.8 Å². The van der Waals surface area contributed by atoms with Crippen molar-refractivity contribution in [3.05, 3.63) is 30.3 Å². The lowest BCUT2D eigenvalue weighted by Gasteiger charge is -2.17. The third kappa shape index (κ3) is 6.42. The minimum atomic E-state index is -1.03. The zero-order valence-corrected chi connectivity index (χ0v) is 15.3. The van der Waals surface area contributed by atoms with Gasteiger partial charge in [-0.05, 0) is 38.8 Å². The van der Waals surface area contributed by atoms with Crippen molar-refractivity contribution in [3.63, 3.8) is 0 Å². The molecule has 0 bridgehead atoms. The van der Waals surface area contributed by atoms with E-state index in [0.717, 1.165) is 30.6 Å². The van der Waals surface area contributed by atoms with Crippen LogP contribution in [0.25, 0.3) is 0 Å². The van der Waals surface area contributed by atoms with E-state index in [9.17, 15) is 14.4 Å². The number of rotatable bonds is 6. The largest absolute Gasteiger partial charge is 0.452 e. The third-order valence-electron chi connectivity index (χ3n) is 3.98. The van der Waals surface area contributed by atoms with Crippen LogP contribution in [0.3, 0.4) is 0 Å². The van der Waals surface area contributed by atoms with Gasteiger partial charge in [0.05, 0.1) is 0 Å². The number of esters is 1. The summed E-state index contributed by atoms with van der Waals surface area (Å²) >= 11 is 1.36. The summed E-state index contributed by atoms with van der Waals surface area (Å²) < 4.78 is 5.17. The summed E-state index contributed by atoms with van der Waals surface area (Å²) in [6.45, 7) is 3.17. The van der Waals surface area contributed by atoms with Crippen molar-refractivity contribution >= 4 is 29.7 Å². The highest BCUT2D eigenvalue weighted by Crippen LogP contribution is 2.23. The molecule has 0 aromatic heterocycles. The Labute approximate surface area is 152 Å². The molecule has 7 heteroatoms. The Morgan fingerprint density at radius 2 is 1.76 bits per heavy atom. The van der Waals surface area contributed by atoms with E-state index < -0.39 is 29.3 Å². The molecule has 1 aliphatic carbocycles. The number of imide groups is 1. The molecule has 25 heavy (non-hydrogen) atoms. The van der Waals surface area contributed by atoms with Gasteiger partial charge in [-0.25, -0.2) is 4.79 Å². The Balaban J connectivity index is 1.75. The predicted molar refractivity (Wildman–Crippen MR) is 96.2 cm³/mol. The highest BCUT2D eigenvalue weighted by atomic mass is 32.2. The summed E-state index contributed by atoms with van der Waals surface area (Å²) in [5.74, 6) is -1.12. The molecule has 1 fully saturated rings. The van der Waals surface area contributed by atoms with E-state index in [1.165, 1.54) is 18.7 Å².